The molecule has 6 heteroatoms. The van der Waals surface area contributed by atoms with Crippen molar-refractivity contribution in [1.82, 2.24) is 5.43 Å². The summed E-state index contributed by atoms with van der Waals surface area (Å²) in [5.41, 5.74) is 3.95. The number of benzene rings is 1. The van der Waals surface area contributed by atoms with E-state index in [1.807, 2.05) is 24.3 Å². The van der Waals surface area contributed by atoms with Crippen LogP contribution in [0.4, 0.5) is 5.69 Å². The van der Waals surface area contributed by atoms with Crippen LogP contribution in [0.5, 0.6) is 5.75 Å². The van der Waals surface area contributed by atoms with Gasteiger partial charge < -0.3 is 10.1 Å². The number of carbonyl (C=O) groups is 1. The first-order chi connectivity index (χ1) is 11.3. The lowest BCUT2D eigenvalue weighted by atomic mass is 9.70. The number of rotatable bonds is 3. The molecule has 2 aliphatic rings. The van der Waals surface area contributed by atoms with Crippen LogP contribution in [0.2, 0.25) is 0 Å². The van der Waals surface area contributed by atoms with E-state index in [9.17, 15) is 4.79 Å². The predicted molar refractivity (Wildman–Crippen MR) is 99.4 cm³/mol. The SMILES string of the molecule is COc1ccc(NC(=S)N/N=C2\C(=O)[C@@]3(C)CC[C@H]2C3(C)C)cc1. The molecule has 3 rings (SSSR count). The molecule has 128 valence electrons. The Bertz CT molecular complexity index is 711. The molecule has 2 aliphatic carbocycles. The number of hydrogen-bond donors (Lipinski definition) is 2. The van der Waals surface area contributed by atoms with Crippen molar-refractivity contribution < 1.29 is 9.53 Å². The van der Waals surface area contributed by atoms with Crippen molar-refractivity contribution in [2.24, 2.45) is 21.8 Å². The van der Waals surface area contributed by atoms with Crippen LogP contribution in [0.1, 0.15) is 33.6 Å². The van der Waals surface area contributed by atoms with Crippen molar-refractivity contribution in [3.05, 3.63) is 24.3 Å². The van der Waals surface area contributed by atoms with Crippen molar-refractivity contribution in [2.45, 2.75) is 33.6 Å². The summed E-state index contributed by atoms with van der Waals surface area (Å²) in [7, 11) is 1.62. The molecule has 2 atom stereocenters. The number of fused-ring (bicyclic) bond motifs is 2. The van der Waals surface area contributed by atoms with Crippen molar-refractivity contribution >= 4 is 34.5 Å². The minimum atomic E-state index is -0.302. The quantitative estimate of drug-likeness (QED) is 0.650. The summed E-state index contributed by atoms with van der Waals surface area (Å²) in [5, 5.41) is 7.77. The average Bonchev–Trinajstić information content (AvgIpc) is 2.86. The van der Waals surface area contributed by atoms with Crippen LogP contribution in [-0.2, 0) is 4.79 Å². The van der Waals surface area contributed by atoms with Gasteiger partial charge in [0.1, 0.15) is 11.5 Å². The molecule has 0 aliphatic heterocycles. The molecule has 2 fully saturated rings. The summed E-state index contributed by atoms with van der Waals surface area (Å²) in [6.45, 7) is 6.39. The number of anilines is 1. The van der Waals surface area contributed by atoms with E-state index < -0.39 is 0 Å². The number of nitrogens with one attached hydrogen (secondary N) is 2. The Hall–Kier alpha value is -1.95. The molecule has 24 heavy (non-hydrogen) atoms. The molecule has 2 bridgehead atoms. The number of hydrogen-bond acceptors (Lipinski definition) is 4. The molecular weight excluding hydrogens is 322 g/mol. The van der Waals surface area contributed by atoms with Gasteiger partial charge in [-0.1, -0.05) is 20.8 Å². The average molecular weight is 345 g/mol. The maximum absolute atomic E-state index is 12.7. The predicted octanol–water partition coefficient (Wildman–Crippen LogP) is 3.36. The molecule has 0 heterocycles. The third kappa shape index (κ3) is 2.49. The third-order valence-corrected chi connectivity index (χ3v) is 6.11. The van der Waals surface area contributed by atoms with E-state index in [1.54, 1.807) is 7.11 Å². The Morgan fingerprint density at radius 2 is 1.96 bits per heavy atom. The molecule has 5 nitrogen and oxygen atoms in total. The van der Waals surface area contributed by atoms with E-state index in [1.165, 1.54) is 0 Å². The van der Waals surface area contributed by atoms with Gasteiger partial charge in [0.2, 0.25) is 0 Å². The lowest BCUT2D eigenvalue weighted by molar-refractivity contribution is -0.123. The number of ether oxygens (including phenoxy) is 1. The van der Waals surface area contributed by atoms with Gasteiger partial charge in [0.05, 0.1) is 7.11 Å². The van der Waals surface area contributed by atoms with E-state index in [0.717, 1.165) is 24.3 Å². The molecule has 2 saturated carbocycles. The van der Waals surface area contributed by atoms with E-state index in [4.69, 9.17) is 17.0 Å². The van der Waals surface area contributed by atoms with Gasteiger partial charge in [-0.3, -0.25) is 10.2 Å². The van der Waals surface area contributed by atoms with Gasteiger partial charge in [0.15, 0.2) is 10.9 Å². The Labute approximate surface area is 147 Å². The minimum absolute atomic E-state index is 0.0460. The number of carbonyl (C=O) groups excluding carboxylic acids is 1. The molecule has 1 aromatic rings. The maximum Gasteiger partial charge on any atom is 0.191 e. The van der Waals surface area contributed by atoms with Crippen LogP contribution < -0.4 is 15.5 Å². The van der Waals surface area contributed by atoms with Crippen LogP contribution in [0, 0.1) is 16.7 Å². The van der Waals surface area contributed by atoms with Gasteiger partial charge in [0, 0.05) is 17.0 Å². The summed E-state index contributed by atoms with van der Waals surface area (Å²) >= 11 is 5.27. The molecule has 0 unspecified atom stereocenters. The highest BCUT2D eigenvalue weighted by atomic mass is 32.1. The zero-order valence-corrected chi connectivity index (χ0v) is 15.3. The monoisotopic (exact) mass is 345 g/mol. The molecule has 0 amide bonds. The summed E-state index contributed by atoms with van der Waals surface area (Å²) in [4.78, 5) is 12.7. The van der Waals surface area contributed by atoms with Gasteiger partial charge in [-0.2, -0.15) is 5.10 Å². The lowest BCUT2D eigenvalue weighted by Crippen LogP contribution is -2.34. The summed E-state index contributed by atoms with van der Waals surface area (Å²) in [6.07, 6.45) is 1.95. The first kappa shape index (κ1) is 16.9. The normalized spacial score (nSPS) is 28.9. The van der Waals surface area contributed by atoms with E-state index in [2.05, 4.69) is 36.6 Å². The first-order valence-electron chi connectivity index (χ1n) is 8.13. The standard InChI is InChI=1S/C18H23N3O2S/c1-17(2)13-9-10-18(17,3)15(22)14(13)20-21-16(24)19-11-5-7-12(23-4)8-6-11/h5-8,13H,9-10H2,1-4H3,(H2,19,21,24)/b20-14-/t13-,18-/m1/s1. The summed E-state index contributed by atoms with van der Waals surface area (Å²) in [5.74, 6) is 1.14. The number of Topliss-reactive ketones (excluding diaryl/α,β-unsaturated/α-hetero) is 1. The second kappa shape index (κ2) is 5.84. The van der Waals surface area contributed by atoms with Gasteiger partial charge in [-0.25, -0.2) is 0 Å². The number of thiocarbonyl (C=S) groups is 1. The summed E-state index contributed by atoms with van der Waals surface area (Å²) in [6, 6.07) is 7.43. The molecule has 0 saturated heterocycles. The molecule has 0 aromatic heterocycles. The van der Waals surface area contributed by atoms with Crippen molar-refractivity contribution in [3.8, 4) is 5.75 Å². The largest absolute Gasteiger partial charge is 0.497 e. The van der Waals surface area contributed by atoms with E-state index >= 15 is 0 Å². The fourth-order valence-electron chi connectivity index (χ4n) is 3.90. The number of methoxy groups -OCH3 is 1. The zero-order chi connectivity index (χ0) is 17.5. The van der Waals surface area contributed by atoms with Gasteiger partial charge in [-0.15, -0.1) is 0 Å². The Morgan fingerprint density at radius 3 is 2.50 bits per heavy atom. The molecule has 0 radical (unpaired) electrons. The van der Waals surface area contributed by atoms with Crippen LogP contribution in [-0.4, -0.2) is 23.7 Å². The van der Waals surface area contributed by atoms with Crippen LogP contribution in [0.15, 0.2) is 29.4 Å². The van der Waals surface area contributed by atoms with Crippen molar-refractivity contribution in [2.75, 3.05) is 12.4 Å². The first-order valence-corrected chi connectivity index (χ1v) is 8.54. The second-order valence-corrected chi connectivity index (χ2v) is 7.67. The van der Waals surface area contributed by atoms with Crippen LogP contribution in [0.25, 0.3) is 0 Å². The van der Waals surface area contributed by atoms with Crippen LogP contribution in [0.3, 0.4) is 0 Å². The molecule has 1 aromatic carbocycles. The van der Waals surface area contributed by atoms with Crippen LogP contribution >= 0.6 is 12.2 Å². The number of ketones is 1. The smallest absolute Gasteiger partial charge is 0.191 e. The Balaban J connectivity index is 1.67. The van der Waals surface area contributed by atoms with E-state index in [0.29, 0.717) is 10.8 Å². The van der Waals surface area contributed by atoms with Gasteiger partial charge in [-0.05, 0) is 54.7 Å². The highest BCUT2D eigenvalue weighted by molar-refractivity contribution is 7.80. The summed E-state index contributed by atoms with van der Waals surface area (Å²) < 4.78 is 5.12. The third-order valence-electron chi connectivity index (χ3n) is 5.92. The highest BCUT2D eigenvalue weighted by Gasteiger charge is 2.65. The number of hydrazone groups is 1. The molecule has 0 spiro atoms. The van der Waals surface area contributed by atoms with Crippen molar-refractivity contribution in [1.29, 1.82) is 0 Å². The highest BCUT2D eigenvalue weighted by Crippen LogP contribution is 2.62. The fraction of sp³-hybridized carbons (Fsp3) is 0.500. The topological polar surface area (TPSA) is 62.7 Å². The zero-order valence-electron chi connectivity index (χ0n) is 14.5. The fourth-order valence-corrected chi connectivity index (χ4v) is 4.06. The van der Waals surface area contributed by atoms with Gasteiger partial charge in [0.25, 0.3) is 0 Å². The molecule has 2 N–H and O–H groups in total. The molecular formula is C18H23N3O2S. The van der Waals surface area contributed by atoms with E-state index in [-0.39, 0.29) is 22.5 Å². The minimum Gasteiger partial charge on any atom is -0.497 e. The Kier molecular flexibility index (Phi) is 4.11. The lowest BCUT2D eigenvalue weighted by Gasteiger charge is -2.31. The maximum atomic E-state index is 12.7. The van der Waals surface area contributed by atoms with Gasteiger partial charge >= 0.3 is 0 Å². The number of nitrogens with zero attached hydrogens (tertiary/aromatic N) is 1. The second-order valence-electron chi connectivity index (χ2n) is 7.27. The Morgan fingerprint density at radius 1 is 1.29 bits per heavy atom. The van der Waals surface area contributed by atoms with Crippen molar-refractivity contribution in [3.63, 3.8) is 0 Å².